The molecule has 2 rings (SSSR count). The molecule has 92 valence electrons. The monoisotopic (exact) mass is 248 g/mol. The number of rotatable bonds is 2. The maximum atomic E-state index is 13.6. The van der Waals surface area contributed by atoms with Crippen molar-refractivity contribution in [2.45, 2.75) is 13.8 Å². The van der Waals surface area contributed by atoms with Crippen molar-refractivity contribution in [3.63, 3.8) is 0 Å². The second kappa shape index (κ2) is 4.60. The summed E-state index contributed by atoms with van der Waals surface area (Å²) in [6.07, 6.45) is 0. The van der Waals surface area contributed by atoms with E-state index in [1.165, 1.54) is 13.0 Å². The molecule has 0 aliphatic carbocycles. The Balaban J connectivity index is 2.63. The summed E-state index contributed by atoms with van der Waals surface area (Å²) in [5, 5.41) is 0. The van der Waals surface area contributed by atoms with Crippen LogP contribution < -0.4 is 0 Å². The molecule has 2 aromatic rings. The van der Waals surface area contributed by atoms with Gasteiger partial charge in [0.1, 0.15) is 11.6 Å². The van der Waals surface area contributed by atoms with Crippen LogP contribution in [0.1, 0.15) is 23.2 Å². The molecule has 0 atom stereocenters. The smallest absolute Gasteiger partial charge is 0.196 e. The number of halogens is 2. The summed E-state index contributed by atoms with van der Waals surface area (Å²) < 4.78 is 26.7. The van der Waals surface area contributed by atoms with Gasteiger partial charge >= 0.3 is 0 Å². The lowest BCUT2D eigenvalue weighted by atomic mass is 10.1. The standard InChI is InChI=1S/C13H10F2N2O/c1-7-5-12(17-13(16-7)8(2)18)10-6-9(14)3-4-11(10)15/h3-6H,1-2H3. The number of hydrogen-bond acceptors (Lipinski definition) is 3. The lowest BCUT2D eigenvalue weighted by molar-refractivity contribution is 0.100. The minimum atomic E-state index is -0.594. The van der Waals surface area contributed by atoms with Gasteiger partial charge in [0.25, 0.3) is 0 Å². The third-order valence-electron chi connectivity index (χ3n) is 2.37. The first-order valence-corrected chi connectivity index (χ1v) is 5.29. The van der Waals surface area contributed by atoms with E-state index < -0.39 is 11.6 Å². The van der Waals surface area contributed by atoms with Crippen molar-refractivity contribution in [1.82, 2.24) is 9.97 Å². The Labute approximate surface area is 103 Å². The second-order valence-corrected chi connectivity index (χ2v) is 3.90. The van der Waals surface area contributed by atoms with Crippen molar-refractivity contribution < 1.29 is 13.6 Å². The fraction of sp³-hybridized carbons (Fsp3) is 0.154. The summed E-state index contributed by atoms with van der Waals surface area (Å²) in [5.41, 5.74) is 0.738. The Kier molecular flexibility index (Phi) is 3.14. The van der Waals surface area contributed by atoms with Crippen molar-refractivity contribution >= 4 is 5.78 Å². The Bertz CT molecular complexity index is 626. The van der Waals surface area contributed by atoms with Gasteiger partial charge in [-0.15, -0.1) is 0 Å². The third kappa shape index (κ3) is 2.40. The van der Waals surface area contributed by atoms with Gasteiger partial charge in [-0.05, 0) is 31.2 Å². The molecule has 1 aromatic heterocycles. The molecular formula is C13H10F2N2O. The number of benzene rings is 1. The number of nitrogens with zero attached hydrogens (tertiary/aromatic N) is 2. The van der Waals surface area contributed by atoms with Crippen LogP contribution in [0, 0.1) is 18.6 Å². The van der Waals surface area contributed by atoms with Crippen LogP contribution in [0.5, 0.6) is 0 Å². The van der Waals surface area contributed by atoms with Gasteiger partial charge in [0.05, 0.1) is 5.69 Å². The normalized spacial score (nSPS) is 10.4. The summed E-state index contributed by atoms with van der Waals surface area (Å²) in [6.45, 7) is 2.98. The molecule has 18 heavy (non-hydrogen) atoms. The molecule has 0 N–H and O–H groups in total. The largest absolute Gasteiger partial charge is 0.291 e. The molecule has 1 heterocycles. The van der Waals surface area contributed by atoms with Crippen LogP contribution in [0.3, 0.4) is 0 Å². The van der Waals surface area contributed by atoms with E-state index in [1.54, 1.807) is 6.92 Å². The molecule has 5 heteroatoms. The molecule has 0 amide bonds. The third-order valence-corrected chi connectivity index (χ3v) is 2.37. The van der Waals surface area contributed by atoms with Gasteiger partial charge < -0.3 is 0 Å². The molecule has 0 spiro atoms. The molecule has 0 bridgehead atoms. The lowest BCUT2D eigenvalue weighted by Crippen LogP contribution is -2.04. The molecule has 0 unspecified atom stereocenters. The van der Waals surface area contributed by atoms with Crippen molar-refractivity contribution in [2.24, 2.45) is 0 Å². The molecule has 0 saturated heterocycles. The Morgan fingerprint density at radius 3 is 2.56 bits per heavy atom. The topological polar surface area (TPSA) is 42.9 Å². The second-order valence-electron chi connectivity index (χ2n) is 3.90. The first-order chi connectivity index (χ1) is 8.47. The maximum Gasteiger partial charge on any atom is 0.196 e. The van der Waals surface area contributed by atoms with Gasteiger partial charge in [0.15, 0.2) is 11.6 Å². The van der Waals surface area contributed by atoms with Crippen LogP contribution in [0.4, 0.5) is 8.78 Å². The number of carbonyl (C=O) groups excluding carboxylic acids is 1. The highest BCUT2D eigenvalue weighted by atomic mass is 19.1. The Morgan fingerprint density at radius 2 is 1.89 bits per heavy atom. The average molecular weight is 248 g/mol. The number of Topliss-reactive ketones (excluding diaryl/α,β-unsaturated/α-hetero) is 1. The highest BCUT2D eigenvalue weighted by Crippen LogP contribution is 2.22. The fourth-order valence-electron chi connectivity index (χ4n) is 1.56. The Morgan fingerprint density at radius 1 is 1.17 bits per heavy atom. The predicted molar refractivity (Wildman–Crippen MR) is 62.1 cm³/mol. The van der Waals surface area contributed by atoms with Gasteiger partial charge in [-0.3, -0.25) is 4.79 Å². The molecule has 0 fully saturated rings. The van der Waals surface area contributed by atoms with E-state index in [9.17, 15) is 13.6 Å². The SMILES string of the molecule is CC(=O)c1nc(C)cc(-c2cc(F)ccc2F)n1. The quantitative estimate of drug-likeness (QED) is 0.767. The lowest BCUT2D eigenvalue weighted by Gasteiger charge is -2.05. The summed E-state index contributed by atoms with van der Waals surface area (Å²) in [7, 11) is 0. The van der Waals surface area contributed by atoms with E-state index in [-0.39, 0.29) is 22.9 Å². The molecule has 0 radical (unpaired) electrons. The zero-order chi connectivity index (χ0) is 13.3. The summed E-state index contributed by atoms with van der Waals surface area (Å²) in [4.78, 5) is 19.1. The molecule has 3 nitrogen and oxygen atoms in total. The van der Waals surface area contributed by atoms with Gasteiger partial charge in [0.2, 0.25) is 0 Å². The number of aromatic nitrogens is 2. The van der Waals surface area contributed by atoms with Gasteiger partial charge in [-0.2, -0.15) is 0 Å². The molecule has 0 saturated carbocycles. The highest BCUT2D eigenvalue weighted by Gasteiger charge is 2.12. The summed E-state index contributed by atoms with van der Waals surface area (Å²) in [6, 6.07) is 4.60. The number of hydrogen-bond donors (Lipinski definition) is 0. The van der Waals surface area contributed by atoms with Crippen LogP contribution in [-0.2, 0) is 0 Å². The van der Waals surface area contributed by atoms with Crippen molar-refractivity contribution in [1.29, 1.82) is 0 Å². The number of carbonyl (C=O) groups is 1. The van der Waals surface area contributed by atoms with Crippen molar-refractivity contribution in [3.8, 4) is 11.3 Å². The van der Waals surface area contributed by atoms with Crippen LogP contribution in [0.2, 0.25) is 0 Å². The van der Waals surface area contributed by atoms with Crippen molar-refractivity contribution in [2.75, 3.05) is 0 Å². The van der Waals surface area contributed by atoms with Crippen LogP contribution in [0.25, 0.3) is 11.3 Å². The first-order valence-electron chi connectivity index (χ1n) is 5.29. The summed E-state index contributed by atoms with van der Waals surface area (Å²) in [5.74, 6) is -1.48. The van der Waals surface area contributed by atoms with Crippen molar-refractivity contribution in [3.05, 3.63) is 47.4 Å². The predicted octanol–water partition coefficient (Wildman–Crippen LogP) is 2.93. The van der Waals surface area contributed by atoms with Gasteiger partial charge in [-0.25, -0.2) is 18.7 Å². The Hall–Kier alpha value is -2.17. The van der Waals surface area contributed by atoms with Crippen LogP contribution in [0.15, 0.2) is 24.3 Å². The highest BCUT2D eigenvalue weighted by molar-refractivity contribution is 5.90. The molecule has 0 aliphatic heterocycles. The van der Waals surface area contributed by atoms with E-state index in [0.717, 1.165) is 18.2 Å². The zero-order valence-electron chi connectivity index (χ0n) is 9.87. The zero-order valence-corrected chi connectivity index (χ0v) is 9.87. The van der Waals surface area contributed by atoms with E-state index >= 15 is 0 Å². The van der Waals surface area contributed by atoms with E-state index in [0.29, 0.717) is 5.69 Å². The van der Waals surface area contributed by atoms with Crippen LogP contribution >= 0.6 is 0 Å². The number of ketones is 1. The molecule has 1 aromatic carbocycles. The van der Waals surface area contributed by atoms with E-state index in [1.807, 2.05) is 0 Å². The maximum absolute atomic E-state index is 13.6. The van der Waals surface area contributed by atoms with Gasteiger partial charge in [0, 0.05) is 18.2 Å². The van der Waals surface area contributed by atoms with Gasteiger partial charge in [-0.1, -0.05) is 0 Å². The van der Waals surface area contributed by atoms with E-state index in [4.69, 9.17) is 0 Å². The van der Waals surface area contributed by atoms with E-state index in [2.05, 4.69) is 9.97 Å². The molecule has 0 aliphatic rings. The minimum absolute atomic E-state index is 0.00587. The number of aryl methyl sites for hydroxylation is 1. The first kappa shape index (κ1) is 12.3. The van der Waals surface area contributed by atoms with Crippen LogP contribution in [-0.4, -0.2) is 15.8 Å². The minimum Gasteiger partial charge on any atom is -0.291 e. The summed E-state index contributed by atoms with van der Waals surface area (Å²) >= 11 is 0. The fourth-order valence-corrected chi connectivity index (χ4v) is 1.56. The molecular weight excluding hydrogens is 238 g/mol. The average Bonchev–Trinajstić information content (AvgIpc) is 2.31.